The van der Waals surface area contributed by atoms with Crippen molar-refractivity contribution in [2.75, 3.05) is 19.7 Å². The number of carbonyl (C=O) groups is 1. The van der Waals surface area contributed by atoms with E-state index in [-0.39, 0.29) is 18.6 Å². The van der Waals surface area contributed by atoms with Crippen molar-refractivity contribution in [2.24, 2.45) is 0 Å². The first-order valence-electron chi connectivity index (χ1n) is 13.3. The van der Waals surface area contributed by atoms with Crippen molar-refractivity contribution < 1.29 is 27.9 Å². The fraction of sp³-hybridized carbons (Fsp3) is 0.367. The Morgan fingerprint density at radius 3 is 2.28 bits per heavy atom. The SMILES string of the molecule is CCCCOc1ccc(CS(=O)(=O)C2(C(=O)NO)CCN(Cc3cccc(Oc4ccccc4)c3)CC2)cc1. The predicted molar refractivity (Wildman–Crippen MR) is 150 cm³/mol. The van der Waals surface area contributed by atoms with E-state index in [1.165, 1.54) is 0 Å². The van der Waals surface area contributed by atoms with Crippen molar-refractivity contribution in [1.82, 2.24) is 10.4 Å². The van der Waals surface area contributed by atoms with E-state index in [1.54, 1.807) is 29.7 Å². The third-order valence-corrected chi connectivity index (χ3v) is 9.60. The zero-order chi connectivity index (χ0) is 27.7. The molecule has 8 nitrogen and oxygen atoms in total. The average Bonchev–Trinajstić information content (AvgIpc) is 2.94. The van der Waals surface area contributed by atoms with Gasteiger partial charge >= 0.3 is 0 Å². The first-order chi connectivity index (χ1) is 18.8. The summed E-state index contributed by atoms with van der Waals surface area (Å²) in [5, 5.41) is 9.47. The number of amides is 1. The van der Waals surface area contributed by atoms with E-state index in [0.717, 1.165) is 24.2 Å². The molecule has 3 aromatic carbocycles. The number of para-hydroxylation sites is 1. The number of likely N-dealkylation sites (tertiary alicyclic amines) is 1. The summed E-state index contributed by atoms with van der Waals surface area (Å²) in [4.78, 5) is 14.9. The maximum absolute atomic E-state index is 13.6. The highest BCUT2D eigenvalue weighted by molar-refractivity contribution is 7.92. The third-order valence-electron chi connectivity index (χ3n) is 7.10. The molecule has 1 heterocycles. The molecule has 0 bridgehead atoms. The Morgan fingerprint density at radius 2 is 1.62 bits per heavy atom. The highest BCUT2D eigenvalue weighted by atomic mass is 32.2. The molecule has 0 atom stereocenters. The van der Waals surface area contributed by atoms with Crippen molar-refractivity contribution in [1.29, 1.82) is 0 Å². The standard InChI is InChI=1S/C30H36N2O6S/c1-2-3-20-37-26-14-12-24(13-15-26)23-39(35,36)30(29(33)31-34)16-18-32(19-17-30)22-25-8-7-11-28(21-25)38-27-9-5-4-6-10-27/h4-15,21,34H,2-3,16-20,22-23H2,1H3,(H,31,33). The molecular weight excluding hydrogens is 516 g/mol. The molecule has 4 rings (SSSR count). The molecule has 0 aliphatic carbocycles. The summed E-state index contributed by atoms with van der Waals surface area (Å²) in [6.07, 6.45) is 2.14. The molecule has 1 saturated heterocycles. The number of hydroxylamine groups is 1. The summed E-state index contributed by atoms with van der Waals surface area (Å²) < 4.78 is 37.1. The summed E-state index contributed by atoms with van der Waals surface area (Å²) >= 11 is 0. The van der Waals surface area contributed by atoms with Crippen LogP contribution < -0.4 is 15.0 Å². The van der Waals surface area contributed by atoms with Crippen molar-refractivity contribution >= 4 is 15.7 Å². The molecule has 9 heteroatoms. The molecule has 208 valence electrons. The molecule has 3 aromatic rings. The number of carbonyl (C=O) groups excluding carboxylic acids is 1. The molecule has 39 heavy (non-hydrogen) atoms. The maximum Gasteiger partial charge on any atom is 0.264 e. The van der Waals surface area contributed by atoms with E-state index in [2.05, 4.69) is 11.8 Å². The molecule has 1 fully saturated rings. The summed E-state index contributed by atoms with van der Waals surface area (Å²) in [5.41, 5.74) is 3.22. The topological polar surface area (TPSA) is 105 Å². The Balaban J connectivity index is 1.41. The van der Waals surface area contributed by atoms with Gasteiger partial charge in [0.1, 0.15) is 17.2 Å². The predicted octanol–water partition coefficient (Wildman–Crippen LogP) is 5.11. The van der Waals surface area contributed by atoms with Gasteiger partial charge in [-0.2, -0.15) is 0 Å². The van der Waals surface area contributed by atoms with Crippen molar-refractivity contribution in [2.45, 2.75) is 49.7 Å². The smallest absolute Gasteiger partial charge is 0.264 e. The fourth-order valence-corrected chi connectivity index (χ4v) is 6.86. The van der Waals surface area contributed by atoms with Crippen molar-refractivity contribution in [3.8, 4) is 17.2 Å². The van der Waals surface area contributed by atoms with Gasteiger partial charge in [0.15, 0.2) is 14.6 Å². The summed E-state index contributed by atoms with van der Waals surface area (Å²) in [7, 11) is -3.94. The molecule has 0 radical (unpaired) electrons. The number of nitrogens with zero attached hydrogens (tertiary/aromatic N) is 1. The van der Waals surface area contributed by atoms with Gasteiger partial charge in [0.25, 0.3) is 5.91 Å². The van der Waals surface area contributed by atoms with Crippen LogP contribution in [0.4, 0.5) is 0 Å². The summed E-state index contributed by atoms with van der Waals surface area (Å²) in [6, 6.07) is 24.2. The van der Waals surface area contributed by atoms with Gasteiger partial charge in [-0.3, -0.25) is 14.9 Å². The lowest BCUT2D eigenvalue weighted by Gasteiger charge is -2.39. The number of sulfone groups is 1. The van der Waals surface area contributed by atoms with Crippen molar-refractivity contribution in [3.63, 3.8) is 0 Å². The van der Waals surface area contributed by atoms with Crippen LogP contribution in [0.25, 0.3) is 0 Å². The second-order valence-corrected chi connectivity index (χ2v) is 12.2. The number of ether oxygens (including phenoxy) is 2. The normalized spacial score (nSPS) is 15.4. The highest BCUT2D eigenvalue weighted by Crippen LogP contribution is 2.35. The maximum atomic E-state index is 13.6. The Bertz CT molecular complexity index is 1320. The van der Waals surface area contributed by atoms with Gasteiger partial charge in [-0.25, -0.2) is 13.9 Å². The van der Waals surface area contributed by atoms with E-state index in [4.69, 9.17) is 9.47 Å². The molecule has 1 amide bonds. The number of rotatable bonds is 12. The van der Waals surface area contributed by atoms with Gasteiger partial charge in [0.2, 0.25) is 0 Å². The van der Waals surface area contributed by atoms with Crippen LogP contribution >= 0.6 is 0 Å². The largest absolute Gasteiger partial charge is 0.494 e. The molecular formula is C30H36N2O6S. The zero-order valence-electron chi connectivity index (χ0n) is 22.2. The van der Waals surface area contributed by atoms with Crippen LogP contribution in [-0.2, 0) is 26.9 Å². The number of hydrogen-bond donors (Lipinski definition) is 2. The average molecular weight is 553 g/mol. The molecule has 0 spiro atoms. The van der Waals surface area contributed by atoms with Crippen LogP contribution in [0, 0.1) is 0 Å². The van der Waals surface area contributed by atoms with Gasteiger partial charge in [0, 0.05) is 19.6 Å². The van der Waals surface area contributed by atoms with Gasteiger partial charge in [-0.15, -0.1) is 0 Å². The first-order valence-corrected chi connectivity index (χ1v) is 14.9. The van der Waals surface area contributed by atoms with Crippen LogP contribution in [0.2, 0.25) is 0 Å². The van der Waals surface area contributed by atoms with E-state index in [1.807, 2.05) is 54.6 Å². The van der Waals surface area contributed by atoms with E-state index >= 15 is 0 Å². The van der Waals surface area contributed by atoms with Gasteiger partial charge in [-0.1, -0.05) is 55.8 Å². The zero-order valence-corrected chi connectivity index (χ0v) is 23.0. The molecule has 1 aliphatic rings. The number of nitrogens with one attached hydrogen (secondary N) is 1. The number of hydrogen-bond acceptors (Lipinski definition) is 7. The minimum Gasteiger partial charge on any atom is -0.494 e. The Morgan fingerprint density at radius 1 is 0.923 bits per heavy atom. The minimum absolute atomic E-state index is 0.0835. The lowest BCUT2D eigenvalue weighted by Crippen LogP contribution is -2.57. The quantitative estimate of drug-likeness (QED) is 0.183. The third kappa shape index (κ3) is 7.17. The summed E-state index contributed by atoms with van der Waals surface area (Å²) in [5.74, 6) is 0.971. The Labute approximate surface area is 230 Å². The van der Waals surface area contributed by atoms with Crippen LogP contribution in [0.3, 0.4) is 0 Å². The van der Waals surface area contributed by atoms with Gasteiger partial charge < -0.3 is 9.47 Å². The molecule has 0 saturated carbocycles. The van der Waals surface area contributed by atoms with E-state index < -0.39 is 20.5 Å². The lowest BCUT2D eigenvalue weighted by molar-refractivity contribution is -0.133. The van der Waals surface area contributed by atoms with Crippen LogP contribution in [0.1, 0.15) is 43.7 Å². The number of unbranched alkanes of at least 4 members (excludes halogenated alkanes) is 1. The molecule has 2 N–H and O–H groups in total. The second kappa shape index (κ2) is 13.1. The Hall–Kier alpha value is -3.40. The Kier molecular flexibility index (Phi) is 9.61. The monoisotopic (exact) mass is 552 g/mol. The van der Waals surface area contributed by atoms with Crippen LogP contribution in [0.15, 0.2) is 78.9 Å². The molecule has 1 aliphatic heterocycles. The van der Waals surface area contributed by atoms with E-state index in [9.17, 15) is 18.4 Å². The van der Waals surface area contributed by atoms with Gasteiger partial charge in [0.05, 0.1) is 12.4 Å². The summed E-state index contributed by atoms with van der Waals surface area (Å²) in [6.45, 7) is 4.05. The second-order valence-electron chi connectivity index (χ2n) is 9.88. The first kappa shape index (κ1) is 28.6. The fourth-order valence-electron chi connectivity index (χ4n) is 4.82. The highest BCUT2D eigenvalue weighted by Gasteiger charge is 2.52. The lowest BCUT2D eigenvalue weighted by atomic mass is 9.94. The van der Waals surface area contributed by atoms with Gasteiger partial charge in [-0.05, 0) is 66.8 Å². The van der Waals surface area contributed by atoms with Crippen LogP contribution in [0.5, 0.6) is 17.2 Å². The molecule has 0 unspecified atom stereocenters. The van der Waals surface area contributed by atoms with Crippen molar-refractivity contribution in [3.05, 3.63) is 90.0 Å². The number of benzene rings is 3. The van der Waals surface area contributed by atoms with Crippen LogP contribution in [-0.4, -0.2) is 48.9 Å². The molecule has 0 aromatic heterocycles. The minimum atomic E-state index is -3.94. The van der Waals surface area contributed by atoms with E-state index in [0.29, 0.717) is 43.3 Å². The number of piperidine rings is 1.